The van der Waals surface area contributed by atoms with Gasteiger partial charge in [0.05, 0.1) is 28.8 Å². The average Bonchev–Trinajstić information content (AvgIpc) is 2.90. The molecule has 3 aromatic rings. The van der Waals surface area contributed by atoms with Gasteiger partial charge in [-0.2, -0.15) is 5.10 Å². The third-order valence-electron chi connectivity index (χ3n) is 4.43. The van der Waals surface area contributed by atoms with E-state index in [0.717, 1.165) is 35.8 Å². The molecule has 0 unspecified atom stereocenters. The highest BCUT2D eigenvalue weighted by Gasteiger charge is 2.25. The number of para-hydroxylation sites is 2. The summed E-state index contributed by atoms with van der Waals surface area (Å²) in [5.41, 5.74) is 3.49. The molecule has 0 spiro atoms. The van der Waals surface area contributed by atoms with E-state index in [1.54, 1.807) is 6.20 Å². The Hall–Kier alpha value is -2.53. The first-order chi connectivity index (χ1) is 12.3. The van der Waals surface area contributed by atoms with Crippen molar-refractivity contribution in [1.29, 1.82) is 0 Å². The average molecular weight is 349 g/mol. The van der Waals surface area contributed by atoms with Gasteiger partial charge in [0.2, 0.25) is 0 Å². The number of thioether (sulfide) groups is 1. The van der Waals surface area contributed by atoms with E-state index in [4.69, 9.17) is 0 Å². The van der Waals surface area contributed by atoms with E-state index in [1.165, 1.54) is 4.90 Å². The van der Waals surface area contributed by atoms with Crippen molar-refractivity contribution in [3.05, 3.63) is 72.1 Å². The number of amides is 1. The fraction of sp³-hybridized carbons (Fsp3) is 0.200. The smallest absolute Gasteiger partial charge is 0.261 e. The van der Waals surface area contributed by atoms with Crippen molar-refractivity contribution in [2.75, 3.05) is 17.2 Å². The summed E-state index contributed by atoms with van der Waals surface area (Å²) < 4.78 is 1.83. The Morgan fingerprint density at radius 1 is 1.08 bits per heavy atom. The summed E-state index contributed by atoms with van der Waals surface area (Å²) in [7, 11) is 0. The zero-order valence-corrected chi connectivity index (χ0v) is 14.9. The van der Waals surface area contributed by atoms with Crippen LogP contribution in [-0.2, 0) is 0 Å². The maximum atomic E-state index is 13.2. The molecule has 0 saturated carbocycles. The number of fused-ring (bicyclic) bond motifs is 1. The largest absolute Gasteiger partial charge is 0.307 e. The van der Waals surface area contributed by atoms with Crippen LogP contribution >= 0.6 is 11.8 Å². The van der Waals surface area contributed by atoms with Gasteiger partial charge in [-0.25, -0.2) is 4.68 Å². The van der Waals surface area contributed by atoms with Crippen LogP contribution in [0.5, 0.6) is 0 Å². The van der Waals surface area contributed by atoms with Gasteiger partial charge in [0.25, 0.3) is 5.91 Å². The first kappa shape index (κ1) is 16.0. The molecular formula is C20H19N3OS. The van der Waals surface area contributed by atoms with E-state index in [0.29, 0.717) is 5.56 Å². The van der Waals surface area contributed by atoms with Crippen molar-refractivity contribution in [2.45, 2.75) is 18.2 Å². The highest BCUT2D eigenvalue weighted by Crippen LogP contribution is 2.34. The van der Waals surface area contributed by atoms with Crippen LogP contribution in [0, 0.1) is 6.92 Å². The van der Waals surface area contributed by atoms with Crippen LogP contribution in [0.15, 0.2) is 65.7 Å². The summed E-state index contributed by atoms with van der Waals surface area (Å²) in [5.74, 6) is 1.05. The lowest BCUT2D eigenvalue weighted by molar-refractivity contribution is 0.0986. The molecule has 25 heavy (non-hydrogen) atoms. The van der Waals surface area contributed by atoms with Crippen molar-refractivity contribution >= 4 is 23.4 Å². The maximum absolute atomic E-state index is 13.2. The highest BCUT2D eigenvalue weighted by atomic mass is 32.2. The van der Waals surface area contributed by atoms with E-state index in [-0.39, 0.29) is 5.91 Å². The molecule has 1 aromatic heterocycles. The molecule has 1 aliphatic rings. The minimum Gasteiger partial charge on any atom is -0.307 e. The van der Waals surface area contributed by atoms with Crippen LogP contribution in [0.3, 0.4) is 0 Å². The molecule has 0 atom stereocenters. The molecule has 0 aliphatic carbocycles. The molecule has 4 rings (SSSR count). The Bertz CT molecular complexity index is 904. The molecule has 2 aromatic carbocycles. The van der Waals surface area contributed by atoms with E-state index in [1.807, 2.05) is 76.8 Å². The van der Waals surface area contributed by atoms with Crippen LogP contribution in [0.25, 0.3) is 5.69 Å². The molecule has 0 saturated heterocycles. The number of rotatable bonds is 2. The van der Waals surface area contributed by atoms with Crippen molar-refractivity contribution in [2.24, 2.45) is 0 Å². The van der Waals surface area contributed by atoms with Gasteiger partial charge < -0.3 is 4.90 Å². The van der Waals surface area contributed by atoms with Gasteiger partial charge in [-0.15, -0.1) is 11.8 Å². The predicted molar refractivity (Wildman–Crippen MR) is 102 cm³/mol. The van der Waals surface area contributed by atoms with Gasteiger partial charge in [0.15, 0.2) is 0 Å². The van der Waals surface area contributed by atoms with Gasteiger partial charge in [0, 0.05) is 11.4 Å². The lowest BCUT2D eigenvalue weighted by Gasteiger charge is -2.22. The van der Waals surface area contributed by atoms with Crippen LogP contribution < -0.4 is 4.90 Å². The number of carbonyl (C=O) groups is 1. The van der Waals surface area contributed by atoms with Crippen molar-refractivity contribution < 1.29 is 4.79 Å². The summed E-state index contributed by atoms with van der Waals surface area (Å²) in [4.78, 5) is 16.3. The molecule has 0 N–H and O–H groups in total. The van der Waals surface area contributed by atoms with Gasteiger partial charge in [-0.3, -0.25) is 4.79 Å². The van der Waals surface area contributed by atoms with Crippen molar-refractivity contribution in [1.82, 2.24) is 9.78 Å². The molecule has 0 bridgehead atoms. The highest BCUT2D eigenvalue weighted by molar-refractivity contribution is 7.99. The second kappa shape index (κ2) is 6.76. The number of hydrogen-bond donors (Lipinski definition) is 0. The number of carbonyl (C=O) groups excluding carboxylic acids is 1. The molecule has 126 valence electrons. The molecule has 0 radical (unpaired) electrons. The zero-order valence-electron chi connectivity index (χ0n) is 14.1. The normalized spacial score (nSPS) is 14.0. The van der Waals surface area contributed by atoms with E-state index in [9.17, 15) is 4.79 Å². The SMILES string of the molecule is Cc1c(C(=O)N2CCCSc3ccccc32)cnn1-c1ccccc1. The lowest BCUT2D eigenvalue weighted by atomic mass is 10.2. The molecule has 4 nitrogen and oxygen atoms in total. The van der Waals surface area contributed by atoms with E-state index < -0.39 is 0 Å². The lowest BCUT2D eigenvalue weighted by Crippen LogP contribution is -2.32. The second-order valence-electron chi connectivity index (χ2n) is 6.02. The van der Waals surface area contributed by atoms with E-state index in [2.05, 4.69) is 11.2 Å². The summed E-state index contributed by atoms with van der Waals surface area (Å²) in [6.07, 6.45) is 2.67. The van der Waals surface area contributed by atoms with Gasteiger partial charge in [-0.05, 0) is 43.4 Å². The Labute approximate surface area is 151 Å². The topological polar surface area (TPSA) is 38.1 Å². The fourth-order valence-corrected chi connectivity index (χ4v) is 4.13. The summed E-state index contributed by atoms with van der Waals surface area (Å²) >= 11 is 1.82. The maximum Gasteiger partial charge on any atom is 0.261 e. The zero-order chi connectivity index (χ0) is 17.2. The minimum absolute atomic E-state index is 0.0228. The van der Waals surface area contributed by atoms with Crippen LogP contribution in [0.4, 0.5) is 5.69 Å². The molecule has 0 fully saturated rings. The van der Waals surface area contributed by atoms with E-state index >= 15 is 0 Å². The fourth-order valence-electron chi connectivity index (χ4n) is 3.13. The molecule has 5 heteroatoms. The Balaban J connectivity index is 1.72. The quantitative estimate of drug-likeness (QED) is 0.691. The van der Waals surface area contributed by atoms with Crippen LogP contribution in [-0.4, -0.2) is 28.0 Å². The molecule has 2 heterocycles. The van der Waals surface area contributed by atoms with Crippen molar-refractivity contribution in [3.8, 4) is 5.69 Å². The first-order valence-electron chi connectivity index (χ1n) is 8.39. The molecular weight excluding hydrogens is 330 g/mol. The predicted octanol–water partition coefficient (Wildman–Crippen LogP) is 4.32. The Morgan fingerprint density at radius 2 is 1.84 bits per heavy atom. The number of nitrogens with zero attached hydrogens (tertiary/aromatic N) is 3. The van der Waals surface area contributed by atoms with Gasteiger partial charge in [0.1, 0.15) is 0 Å². The molecule has 1 aliphatic heterocycles. The number of benzene rings is 2. The van der Waals surface area contributed by atoms with Crippen LogP contribution in [0.1, 0.15) is 22.5 Å². The van der Waals surface area contributed by atoms with Crippen molar-refractivity contribution in [3.63, 3.8) is 0 Å². The van der Waals surface area contributed by atoms with Crippen LogP contribution in [0.2, 0.25) is 0 Å². The minimum atomic E-state index is 0.0228. The number of aromatic nitrogens is 2. The first-order valence-corrected chi connectivity index (χ1v) is 9.38. The Morgan fingerprint density at radius 3 is 2.68 bits per heavy atom. The summed E-state index contributed by atoms with van der Waals surface area (Å²) in [5, 5.41) is 4.45. The van der Waals surface area contributed by atoms with Gasteiger partial charge in [-0.1, -0.05) is 30.3 Å². The summed E-state index contributed by atoms with van der Waals surface area (Å²) in [6, 6.07) is 18.0. The van der Waals surface area contributed by atoms with Gasteiger partial charge >= 0.3 is 0 Å². The number of hydrogen-bond acceptors (Lipinski definition) is 3. The standard InChI is InChI=1S/C20H19N3OS/c1-15-17(14-21-23(15)16-8-3-2-4-9-16)20(24)22-12-7-13-25-19-11-6-5-10-18(19)22/h2-6,8-11,14H,7,12-13H2,1H3. The third-order valence-corrected chi connectivity index (χ3v) is 5.57. The monoisotopic (exact) mass is 349 g/mol. The third kappa shape index (κ3) is 2.96. The molecule has 1 amide bonds. The summed E-state index contributed by atoms with van der Waals surface area (Å²) in [6.45, 7) is 2.69. The Kier molecular flexibility index (Phi) is 4.32. The second-order valence-corrected chi connectivity index (χ2v) is 7.15. The number of anilines is 1.